The average molecular weight is 274 g/mol. The molecule has 1 aromatic heterocycles. The third-order valence-electron chi connectivity index (χ3n) is 1.88. The van der Waals surface area contributed by atoms with Crippen molar-refractivity contribution in [2.24, 2.45) is 0 Å². The summed E-state index contributed by atoms with van der Waals surface area (Å²) in [5, 5.41) is 10.4. The van der Waals surface area contributed by atoms with Gasteiger partial charge in [0, 0.05) is 10.6 Å². The molecule has 0 aliphatic carbocycles. The van der Waals surface area contributed by atoms with Crippen molar-refractivity contribution >= 4 is 40.5 Å². The Kier molecular flexibility index (Phi) is 3.14. The van der Waals surface area contributed by atoms with Gasteiger partial charge in [0.25, 0.3) is 0 Å². The summed E-state index contributed by atoms with van der Waals surface area (Å²) in [6, 6.07) is 4.98. The number of aromatic nitrogens is 1. The highest BCUT2D eigenvalue weighted by Gasteiger charge is 2.12. The molecule has 0 saturated carbocycles. The molecule has 6 heteroatoms. The van der Waals surface area contributed by atoms with Gasteiger partial charge >= 0.3 is 5.97 Å². The van der Waals surface area contributed by atoms with Gasteiger partial charge in [-0.15, -0.1) is 11.3 Å². The lowest BCUT2D eigenvalue weighted by Gasteiger charge is -2.00. The van der Waals surface area contributed by atoms with Gasteiger partial charge in [-0.05, 0) is 18.2 Å². The van der Waals surface area contributed by atoms with Crippen molar-refractivity contribution in [3.63, 3.8) is 0 Å². The van der Waals surface area contributed by atoms with Gasteiger partial charge < -0.3 is 5.11 Å². The highest BCUT2D eigenvalue weighted by molar-refractivity contribution is 7.16. The third kappa shape index (κ3) is 2.19. The fourth-order valence-corrected chi connectivity index (χ4v) is 2.38. The van der Waals surface area contributed by atoms with E-state index in [1.54, 1.807) is 18.2 Å². The minimum Gasteiger partial charge on any atom is -0.477 e. The van der Waals surface area contributed by atoms with Crippen LogP contribution in [0.4, 0.5) is 0 Å². The number of rotatable bonds is 2. The second-order valence-corrected chi connectivity index (χ2v) is 4.83. The number of carboxylic acid groups (broad SMARTS) is 1. The maximum Gasteiger partial charge on any atom is 0.347 e. The molecule has 0 atom stereocenters. The SMILES string of the molecule is O=C(O)c1cnc(-c2cc(Cl)ccc2Cl)s1. The van der Waals surface area contributed by atoms with Crippen LogP contribution in [0.1, 0.15) is 9.67 Å². The number of halogens is 2. The zero-order valence-corrected chi connectivity index (χ0v) is 10.1. The van der Waals surface area contributed by atoms with E-state index < -0.39 is 5.97 Å². The number of carbonyl (C=O) groups is 1. The number of hydrogen-bond donors (Lipinski definition) is 1. The van der Waals surface area contributed by atoms with Gasteiger partial charge in [0.05, 0.1) is 11.2 Å². The van der Waals surface area contributed by atoms with E-state index in [4.69, 9.17) is 28.3 Å². The molecule has 0 aliphatic rings. The summed E-state index contributed by atoms with van der Waals surface area (Å²) in [5.74, 6) is -0.998. The molecule has 1 aromatic carbocycles. The van der Waals surface area contributed by atoms with Crippen LogP contribution in [0.25, 0.3) is 10.6 Å². The molecule has 0 fully saturated rings. The molecule has 0 bridgehead atoms. The lowest BCUT2D eigenvalue weighted by molar-refractivity contribution is 0.0702. The molecule has 0 unspecified atom stereocenters. The van der Waals surface area contributed by atoms with E-state index in [0.717, 1.165) is 11.3 Å². The van der Waals surface area contributed by atoms with Crippen molar-refractivity contribution in [1.82, 2.24) is 4.98 Å². The first kappa shape index (κ1) is 11.4. The van der Waals surface area contributed by atoms with E-state index >= 15 is 0 Å². The molecule has 0 amide bonds. The van der Waals surface area contributed by atoms with Crippen LogP contribution in [0.3, 0.4) is 0 Å². The van der Waals surface area contributed by atoms with Crippen molar-refractivity contribution in [3.8, 4) is 10.6 Å². The quantitative estimate of drug-likeness (QED) is 0.905. The standard InChI is InChI=1S/C10H5Cl2NO2S/c11-5-1-2-7(12)6(3-5)9-13-4-8(16-9)10(14)15/h1-4H,(H,14,15). The molecule has 3 nitrogen and oxygen atoms in total. The predicted octanol–water partition coefficient (Wildman–Crippen LogP) is 3.82. The minimum absolute atomic E-state index is 0.172. The van der Waals surface area contributed by atoms with Gasteiger partial charge in [-0.1, -0.05) is 23.2 Å². The molecule has 1 N–H and O–H groups in total. The van der Waals surface area contributed by atoms with Gasteiger partial charge in [-0.25, -0.2) is 9.78 Å². The van der Waals surface area contributed by atoms with Gasteiger partial charge in [-0.2, -0.15) is 0 Å². The molecule has 2 aromatic rings. The van der Waals surface area contributed by atoms with Crippen LogP contribution in [0.15, 0.2) is 24.4 Å². The number of thiazole rings is 1. The second kappa shape index (κ2) is 4.41. The van der Waals surface area contributed by atoms with Crippen LogP contribution in [-0.4, -0.2) is 16.1 Å². The van der Waals surface area contributed by atoms with Crippen LogP contribution < -0.4 is 0 Å². The van der Waals surface area contributed by atoms with Crippen molar-refractivity contribution in [1.29, 1.82) is 0 Å². The third-order valence-corrected chi connectivity index (χ3v) is 3.46. The Morgan fingerprint density at radius 2 is 2.12 bits per heavy atom. The Hall–Kier alpha value is -1.10. The maximum atomic E-state index is 10.7. The number of aromatic carboxylic acids is 1. The van der Waals surface area contributed by atoms with Gasteiger partial charge in [0.2, 0.25) is 0 Å². The monoisotopic (exact) mass is 273 g/mol. The van der Waals surface area contributed by atoms with Crippen LogP contribution in [0.2, 0.25) is 10.0 Å². The minimum atomic E-state index is -0.998. The average Bonchev–Trinajstić information content (AvgIpc) is 2.70. The molecule has 16 heavy (non-hydrogen) atoms. The number of hydrogen-bond acceptors (Lipinski definition) is 3. The van der Waals surface area contributed by atoms with Crippen molar-refractivity contribution < 1.29 is 9.90 Å². The number of nitrogens with zero attached hydrogens (tertiary/aromatic N) is 1. The summed E-state index contributed by atoms with van der Waals surface area (Å²) < 4.78 is 0. The molecule has 0 saturated heterocycles. The van der Waals surface area contributed by atoms with Crippen molar-refractivity contribution in [2.45, 2.75) is 0 Å². The van der Waals surface area contributed by atoms with E-state index in [-0.39, 0.29) is 4.88 Å². The van der Waals surface area contributed by atoms with Crippen molar-refractivity contribution in [3.05, 3.63) is 39.3 Å². The van der Waals surface area contributed by atoms with Crippen LogP contribution in [0, 0.1) is 0 Å². The summed E-state index contributed by atoms with van der Waals surface area (Å²) in [6.07, 6.45) is 1.31. The lowest BCUT2D eigenvalue weighted by atomic mass is 10.2. The summed E-state index contributed by atoms with van der Waals surface area (Å²) in [7, 11) is 0. The molecular formula is C10H5Cl2NO2S. The van der Waals surface area contributed by atoms with E-state index in [9.17, 15) is 4.79 Å². The summed E-state index contributed by atoms with van der Waals surface area (Å²) in [5.41, 5.74) is 0.645. The van der Waals surface area contributed by atoms with Crippen LogP contribution in [0.5, 0.6) is 0 Å². The first-order valence-electron chi connectivity index (χ1n) is 4.22. The molecule has 82 valence electrons. The summed E-state index contributed by atoms with van der Waals surface area (Å²) in [4.78, 5) is 14.9. The van der Waals surface area contributed by atoms with Crippen LogP contribution in [-0.2, 0) is 0 Å². The Morgan fingerprint density at radius 1 is 1.38 bits per heavy atom. The Labute approximate surface area is 105 Å². The van der Waals surface area contributed by atoms with E-state index in [1.807, 2.05) is 0 Å². The summed E-state index contributed by atoms with van der Waals surface area (Å²) in [6.45, 7) is 0. The maximum absolute atomic E-state index is 10.7. The Balaban J connectivity index is 2.50. The predicted molar refractivity (Wildman–Crippen MR) is 64.5 cm³/mol. The van der Waals surface area contributed by atoms with Crippen molar-refractivity contribution in [2.75, 3.05) is 0 Å². The highest BCUT2D eigenvalue weighted by Crippen LogP contribution is 2.33. The molecule has 0 spiro atoms. The molecular weight excluding hydrogens is 269 g/mol. The Bertz CT molecular complexity index is 554. The van der Waals surface area contributed by atoms with E-state index in [0.29, 0.717) is 20.6 Å². The van der Waals surface area contributed by atoms with Crippen LogP contribution >= 0.6 is 34.5 Å². The van der Waals surface area contributed by atoms with Gasteiger partial charge in [-0.3, -0.25) is 0 Å². The smallest absolute Gasteiger partial charge is 0.347 e. The van der Waals surface area contributed by atoms with Gasteiger partial charge in [0.1, 0.15) is 9.88 Å². The van der Waals surface area contributed by atoms with E-state index in [2.05, 4.69) is 4.98 Å². The molecule has 0 aliphatic heterocycles. The normalized spacial score (nSPS) is 10.4. The largest absolute Gasteiger partial charge is 0.477 e. The zero-order chi connectivity index (χ0) is 11.7. The molecule has 0 radical (unpaired) electrons. The second-order valence-electron chi connectivity index (χ2n) is 2.96. The first-order chi connectivity index (χ1) is 7.58. The topological polar surface area (TPSA) is 50.2 Å². The molecule has 2 rings (SSSR count). The summed E-state index contributed by atoms with van der Waals surface area (Å²) >= 11 is 12.9. The fourth-order valence-electron chi connectivity index (χ4n) is 1.16. The van der Waals surface area contributed by atoms with E-state index in [1.165, 1.54) is 6.20 Å². The Morgan fingerprint density at radius 3 is 2.75 bits per heavy atom. The number of carboxylic acids is 1. The fraction of sp³-hybridized carbons (Fsp3) is 0. The molecule has 1 heterocycles. The lowest BCUT2D eigenvalue weighted by Crippen LogP contribution is -1.89. The number of benzene rings is 1. The van der Waals surface area contributed by atoms with Gasteiger partial charge in [0.15, 0.2) is 0 Å². The first-order valence-corrected chi connectivity index (χ1v) is 5.79. The zero-order valence-electron chi connectivity index (χ0n) is 7.78. The highest BCUT2D eigenvalue weighted by atomic mass is 35.5.